The highest BCUT2D eigenvalue weighted by atomic mass is 16.6. The largest absolute Gasteiger partial charge is 0.507 e. The van der Waals surface area contributed by atoms with Crippen LogP contribution in [0.15, 0.2) is 60.7 Å². The Balaban J connectivity index is 1.57. The number of ether oxygens (including phenoxy) is 4. The molecule has 1 amide bonds. The maximum atomic E-state index is 13.3. The first-order valence-electron chi connectivity index (χ1n) is 11.9. The van der Waals surface area contributed by atoms with E-state index in [0.717, 1.165) is 0 Å². The van der Waals surface area contributed by atoms with Crippen LogP contribution < -0.4 is 23.5 Å². The fraction of sp³-hybridized carbons (Fsp3) is 0.296. The molecular formula is C27H28N3O7+. The number of hydrogen-bond donors (Lipinski definition) is 2. The molecule has 10 nitrogen and oxygen atoms in total. The van der Waals surface area contributed by atoms with Crippen molar-refractivity contribution in [1.82, 2.24) is 9.88 Å². The van der Waals surface area contributed by atoms with Crippen LogP contribution in [0.1, 0.15) is 23.6 Å². The van der Waals surface area contributed by atoms with Gasteiger partial charge in [-0.3, -0.25) is 14.6 Å². The van der Waals surface area contributed by atoms with Crippen molar-refractivity contribution in [3.63, 3.8) is 0 Å². The summed E-state index contributed by atoms with van der Waals surface area (Å²) in [7, 11) is 3.05. The Labute approximate surface area is 213 Å². The predicted octanol–water partition coefficient (Wildman–Crippen LogP) is 2.60. The van der Waals surface area contributed by atoms with Gasteiger partial charge in [-0.1, -0.05) is 6.07 Å². The first kappa shape index (κ1) is 24.2. The van der Waals surface area contributed by atoms with Crippen LogP contribution in [0.4, 0.5) is 0 Å². The zero-order valence-corrected chi connectivity index (χ0v) is 20.6. The van der Waals surface area contributed by atoms with Crippen molar-refractivity contribution in [3.05, 3.63) is 71.8 Å². The van der Waals surface area contributed by atoms with Gasteiger partial charge in [0.2, 0.25) is 6.33 Å². The summed E-state index contributed by atoms with van der Waals surface area (Å²) in [6.07, 6.45) is 6.12. The lowest BCUT2D eigenvalue weighted by atomic mass is 9.94. The van der Waals surface area contributed by atoms with E-state index in [1.54, 1.807) is 36.4 Å². The molecule has 0 bridgehead atoms. The SMILES string of the molecule is COc1ccc(C2C(=C(O)c3ccc4c(c3)OCCO4)C(=O)C(=O)N2CCC[n+]2cc[nH]c2)cc1OC. The predicted molar refractivity (Wildman–Crippen MR) is 132 cm³/mol. The number of carbonyl (C=O) groups is 2. The second-order valence-corrected chi connectivity index (χ2v) is 8.67. The number of likely N-dealkylation sites (tertiary alicyclic amines) is 1. The number of H-pyrrole nitrogens is 1. The number of imidazole rings is 1. The first-order chi connectivity index (χ1) is 18.0. The minimum absolute atomic E-state index is 0.00296. The highest BCUT2D eigenvalue weighted by molar-refractivity contribution is 6.46. The Morgan fingerprint density at radius 1 is 1.08 bits per heavy atom. The molecular weight excluding hydrogens is 478 g/mol. The second-order valence-electron chi connectivity index (χ2n) is 8.67. The minimum Gasteiger partial charge on any atom is -0.507 e. The number of hydrogen-bond acceptors (Lipinski definition) is 7. The molecule has 1 fully saturated rings. The molecule has 1 atom stereocenters. The van der Waals surface area contributed by atoms with Crippen LogP contribution >= 0.6 is 0 Å². The topological polar surface area (TPSA) is 114 Å². The van der Waals surface area contributed by atoms with E-state index in [-0.39, 0.29) is 11.3 Å². The lowest BCUT2D eigenvalue weighted by Crippen LogP contribution is -2.36. The second kappa shape index (κ2) is 10.3. The van der Waals surface area contributed by atoms with E-state index in [2.05, 4.69) is 4.98 Å². The number of aromatic nitrogens is 2. The number of benzene rings is 2. The van der Waals surface area contributed by atoms with Crippen LogP contribution in [-0.4, -0.2) is 60.7 Å². The first-order valence-corrected chi connectivity index (χ1v) is 11.9. The molecule has 0 saturated carbocycles. The smallest absolute Gasteiger partial charge is 0.295 e. The number of Topliss-reactive ketones (excluding diaryl/α,β-unsaturated/α-hetero) is 1. The normalized spacial score (nSPS) is 18.2. The van der Waals surface area contributed by atoms with Gasteiger partial charge in [0.1, 0.15) is 31.4 Å². The summed E-state index contributed by atoms with van der Waals surface area (Å²) in [5, 5.41) is 11.4. The molecule has 2 aliphatic rings. The number of rotatable bonds is 8. The number of aromatic amines is 1. The quantitative estimate of drug-likeness (QED) is 0.209. The highest BCUT2D eigenvalue weighted by Crippen LogP contribution is 2.43. The molecule has 1 unspecified atom stereocenters. The van der Waals surface area contributed by atoms with Gasteiger partial charge in [0, 0.05) is 18.5 Å². The summed E-state index contributed by atoms with van der Waals surface area (Å²) in [6.45, 7) is 1.77. The monoisotopic (exact) mass is 506 g/mol. The van der Waals surface area contributed by atoms with Gasteiger partial charge in [0.15, 0.2) is 23.0 Å². The number of fused-ring (bicyclic) bond motifs is 1. The Bertz CT molecular complexity index is 1350. The van der Waals surface area contributed by atoms with Crippen molar-refractivity contribution in [3.8, 4) is 23.0 Å². The molecule has 0 aliphatic carbocycles. The van der Waals surface area contributed by atoms with Crippen LogP contribution in [0.2, 0.25) is 0 Å². The van der Waals surface area contributed by atoms with Crippen molar-refractivity contribution in [2.24, 2.45) is 0 Å². The van der Waals surface area contributed by atoms with Crippen molar-refractivity contribution in [1.29, 1.82) is 0 Å². The van der Waals surface area contributed by atoms with Crippen LogP contribution in [0.3, 0.4) is 0 Å². The van der Waals surface area contributed by atoms with E-state index >= 15 is 0 Å². The molecule has 1 saturated heterocycles. The van der Waals surface area contributed by atoms with Gasteiger partial charge in [-0.15, -0.1) is 0 Å². The maximum Gasteiger partial charge on any atom is 0.295 e. The Morgan fingerprint density at radius 3 is 2.59 bits per heavy atom. The van der Waals surface area contributed by atoms with Gasteiger partial charge in [-0.2, -0.15) is 0 Å². The number of carbonyl (C=O) groups excluding carboxylic acids is 2. The fourth-order valence-electron chi connectivity index (χ4n) is 4.71. The molecule has 192 valence electrons. The third kappa shape index (κ3) is 4.57. The molecule has 2 N–H and O–H groups in total. The summed E-state index contributed by atoms with van der Waals surface area (Å²) in [5.74, 6) is 0.293. The molecule has 3 aromatic rings. The van der Waals surface area contributed by atoms with E-state index in [1.807, 2.05) is 23.3 Å². The summed E-state index contributed by atoms with van der Waals surface area (Å²) >= 11 is 0. The number of nitrogens with one attached hydrogen (secondary N) is 1. The van der Waals surface area contributed by atoms with Gasteiger partial charge in [0.05, 0.1) is 32.4 Å². The van der Waals surface area contributed by atoms with E-state index in [9.17, 15) is 14.7 Å². The lowest BCUT2D eigenvalue weighted by molar-refractivity contribution is -0.695. The summed E-state index contributed by atoms with van der Waals surface area (Å²) in [4.78, 5) is 31.1. The van der Waals surface area contributed by atoms with E-state index in [1.165, 1.54) is 19.1 Å². The molecule has 3 heterocycles. The molecule has 2 aromatic carbocycles. The Hall–Kier alpha value is -4.47. The van der Waals surface area contributed by atoms with Crippen LogP contribution in [0, 0.1) is 0 Å². The standard InChI is InChI=1S/C27H27N3O7/c1-34-19-6-4-17(14-21(19)35-2)24-23(25(31)18-5-7-20-22(15-18)37-13-12-36-20)26(32)27(33)30(24)10-3-9-29-11-8-28-16-29/h4-8,11,14-16,24H,3,9-10,12-13H2,1-2H3,(H,31,32)/p+1. The van der Waals surface area contributed by atoms with Crippen LogP contribution in [-0.2, 0) is 16.1 Å². The number of amides is 1. The molecule has 10 heteroatoms. The van der Waals surface area contributed by atoms with Crippen molar-refractivity contribution >= 4 is 17.4 Å². The van der Waals surface area contributed by atoms with Crippen molar-refractivity contribution in [2.45, 2.75) is 19.0 Å². The molecule has 1 aromatic heterocycles. The number of nitrogens with zero attached hydrogens (tertiary/aromatic N) is 2. The number of aliphatic hydroxyl groups is 1. The van der Waals surface area contributed by atoms with Gasteiger partial charge >= 0.3 is 0 Å². The summed E-state index contributed by atoms with van der Waals surface area (Å²) in [6, 6.07) is 9.33. The molecule has 2 aliphatic heterocycles. The average molecular weight is 507 g/mol. The number of aryl methyl sites for hydroxylation is 1. The zero-order valence-electron chi connectivity index (χ0n) is 20.6. The zero-order chi connectivity index (χ0) is 25.9. The number of aliphatic hydroxyl groups excluding tert-OH is 1. The van der Waals surface area contributed by atoms with Crippen molar-refractivity contribution < 1.29 is 38.2 Å². The summed E-state index contributed by atoms with van der Waals surface area (Å²) < 4.78 is 24.0. The maximum absolute atomic E-state index is 13.3. The summed E-state index contributed by atoms with van der Waals surface area (Å²) in [5.41, 5.74) is 0.976. The fourth-order valence-corrected chi connectivity index (χ4v) is 4.71. The van der Waals surface area contributed by atoms with E-state index in [4.69, 9.17) is 18.9 Å². The Morgan fingerprint density at radius 2 is 1.86 bits per heavy atom. The van der Waals surface area contributed by atoms with Crippen LogP contribution in [0.5, 0.6) is 23.0 Å². The lowest BCUT2D eigenvalue weighted by Gasteiger charge is -2.26. The molecule has 5 rings (SSSR count). The number of ketones is 1. The van der Waals surface area contributed by atoms with E-state index in [0.29, 0.717) is 66.8 Å². The third-order valence-electron chi connectivity index (χ3n) is 6.50. The minimum atomic E-state index is -0.816. The van der Waals surface area contributed by atoms with Gasteiger partial charge in [-0.05, 0) is 35.9 Å². The Kier molecular flexibility index (Phi) is 6.72. The van der Waals surface area contributed by atoms with Gasteiger partial charge in [-0.25, -0.2) is 4.57 Å². The number of methoxy groups -OCH3 is 2. The molecule has 0 radical (unpaired) electrons. The van der Waals surface area contributed by atoms with Gasteiger partial charge < -0.3 is 29.0 Å². The average Bonchev–Trinajstić information content (AvgIpc) is 3.54. The highest BCUT2D eigenvalue weighted by Gasteiger charge is 2.46. The van der Waals surface area contributed by atoms with Crippen molar-refractivity contribution in [2.75, 3.05) is 34.0 Å². The van der Waals surface area contributed by atoms with E-state index < -0.39 is 17.7 Å². The molecule has 37 heavy (non-hydrogen) atoms. The third-order valence-corrected chi connectivity index (χ3v) is 6.50. The van der Waals surface area contributed by atoms with Crippen LogP contribution in [0.25, 0.3) is 5.76 Å². The molecule has 0 spiro atoms. The van der Waals surface area contributed by atoms with Gasteiger partial charge in [0.25, 0.3) is 11.7 Å².